The molecule has 0 aromatic heterocycles. The van der Waals surface area contributed by atoms with E-state index in [1.165, 1.54) is 31.7 Å². The van der Waals surface area contributed by atoms with Gasteiger partial charge in [0.2, 0.25) is 0 Å². The predicted molar refractivity (Wildman–Crippen MR) is 87.4 cm³/mol. The van der Waals surface area contributed by atoms with Crippen LogP contribution in [0.25, 0.3) is 0 Å². The molecule has 0 heterocycles. The van der Waals surface area contributed by atoms with E-state index in [1.54, 1.807) is 6.07 Å². The Bertz CT molecular complexity index is 395. The summed E-state index contributed by atoms with van der Waals surface area (Å²) in [6.45, 7) is 7.75. The van der Waals surface area contributed by atoms with Gasteiger partial charge in [-0.3, -0.25) is 0 Å². The first-order valence-electron chi connectivity index (χ1n) is 8.35. The van der Waals surface area contributed by atoms with Gasteiger partial charge >= 0.3 is 0 Å². The average Bonchev–Trinajstić information content (AvgIpc) is 2.47. The first-order chi connectivity index (χ1) is 10.2. The summed E-state index contributed by atoms with van der Waals surface area (Å²) in [6, 6.07) is 5.26. The number of para-hydroxylation sites is 1. The highest BCUT2D eigenvalue weighted by molar-refractivity contribution is 5.37. The van der Waals surface area contributed by atoms with Crippen molar-refractivity contribution in [1.82, 2.24) is 5.32 Å². The van der Waals surface area contributed by atoms with Gasteiger partial charge in [0.25, 0.3) is 0 Å². The van der Waals surface area contributed by atoms with Crippen molar-refractivity contribution >= 4 is 0 Å². The molecule has 0 aliphatic carbocycles. The van der Waals surface area contributed by atoms with Crippen LogP contribution < -0.4 is 10.1 Å². The monoisotopic (exact) mass is 295 g/mol. The average molecular weight is 295 g/mol. The maximum atomic E-state index is 14.0. The number of rotatable bonds is 11. The lowest BCUT2D eigenvalue weighted by atomic mass is 10.1. The highest BCUT2D eigenvalue weighted by Crippen LogP contribution is 2.28. The SMILES string of the molecule is CCCCCCCCOc1c(F)cccc1C(C)NCC. The summed E-state index contributed by atoms with van der Waals surface area (Å²) >= 11 is 0. The molecule has 0 aliphatic heterocycles. The second kappa shape index (κ2) is 10.6. The standard InChI is InChI=1S/C18H30FNO/c1-4-6-7-8-9-10-14-21-18-16(15(3)20-5-2)12-11-13-17(18)19/h11-13,15,20H,4-10,14H2,1-3H3. The number of benzene rings is 1. The number of hydrogen-bond donors (Lipinski definition) is 1. The topological polar surface area (TPSA) is 21.3 Å². The summed E-state index contributed by atoms with van der Waals surface area (Å²) in [5, 5.41) is 3.31. The van der Waals surface area contributed by atoms with E-state index in [2.05, 4.69) is 12.2 Å². The maximum Gasteiger partial charge on any atom is 0.165 e. The highest BCUT2D eigenvalue weighted by atomic mass is 19.1. The van der Waals surface area contributed by atoms with Crippen LogP contribution in [0.5, 0.6) is 5.75 Å². The molecular weight excluding hydrogens is 265 g/mol. The number of ether oxygens (including phenoxy) is 1. The van der Waals surface area contributed by atoms with Crippen molar-refractivity contribution in [3.8, 4) is 5.75 Å². The molecule has 0 saturated heterocycles. The lowest BCUT2D eigenvalue weighted by Crippen LogP contribution is -2.19. The van der Waals surface area contributed by atoms with Gasteiger partial charge in [-0.15, -0.1) is 0 Å². The van der Waals surface area contributed by atoms with Crippen LogP contribution in [0.2, 0.25) is 0 Å². The van der Waals surface area contributed by atoms with Gasteiger partial charge in [-0.25, -0.2) is 4.39 Å². The predicted octanol–water partition coefficient (Wildman–Crippen LogP) is 5.24. The summed E-state index contributed by atoms with van der Waals surface area (Å²) in [5.74, 6) is 0.155. The molecule has 0 spiro atoms. The van der Waals surface area contributed by atoms with Crippen molar-refractivity contribution in [2.75, 3.05) is 13.2 Å². The van der Waals surface area contributed by atoms with Gasteiger partial charge in [0, 0.05) is 11.6 Å². The zero-order valence-corrected chi connectivity index (χ0v) is 13.8. The molecular formula is C18H30FNO. The third-order valence-electron chi connectivity index (χ3n) is 3.72. The van der Waals surface area contributed by atoms with Crippen LogP contribution in [0.4, 0.5) is 4.39 Å². The smallest absolute Gasteiger partial charge is 0.165 e. The van der Waals surface area contributed by atoms with Gasteiger partial charge in [-0.1, -0.05) is 58.1 Å². The molecule has 0 bridgehead atoms. The maximum absolute atomic E-state index is 14.0. The molecule has 1 unspecified atom stereocenters. The van der Waals surface area contributed by atoms with Gasteiger partial charge in [0.05, 0.1) is 6.61 Å². The third kappa shape index (κ3) is 6.47. The molecule has 0 radical (unpaired) electrons. The minimum absolute atomic E-state index is 0.102. The van der Waals surface area contributed by atoms with Gasteiger partial charge < -0.3 is 10.1 Å². The number of nitrogens with one attached hydrogen (secondary N) is 1. The first-order valence-corrected chi connectivity index (χ1v) is 8.35. The van der Waals surface area contributed by atoms with Gasteiger partial charge in [0.1, 0.15) is 0 Å². The van der Waals surface area contributed by atoms with Crippen molar-refractivity contribution in [3.05, 3.63) is 29.6 Å². The number of hydrogen-bond acceptors (Lipinski definition) is 2. The molecule has 0 fully saturated rings. The fourth-order valence-corrected chi connectivity index (χ4v) is 2.49. The Morgan fingerprint density at radius 3 is 2.52 bits per heavy atom. The largest absolute Gasteiger partial charge is 0.490 e. The first kappa shape index (κ1) is 18.0. The fourth-order valence-electron chi connectivity index (χ4n) is 2.49. The Kier molecular flexibility index (Phi) is 9.07. The zero-order chi connectivity index (χ0) is 15.5. The van der Waals surface area contributed by atoms with Crippen LogP contribution in [0.15, 0.2) is 18.2 Å². The van der Waals surface area contributed by atoms with Crippen LogP contribution >= 0.6 is 0 Å². The Morgan fingerprint density at radius 2 is 1.81 bits per heavy atom. The number of unbranched alkanes of at least 4 members (excludes halogenated alkanes) is 5. The summed E-state index contributed by atoms with van der Waals surface area (Å²) in [4.78, 5) is 0. The summed E-state index contributed by atoms with van der Waals surface area (Å²) < 4.78 is 19.7. The highest BCUT2D eigenvalue weighted by Gasteiger charge is 2.14. The lowest BCUT2D eigenvalue weighted by Gasteiger charge is -2.18. The molecule has 1 aromatic rings. The summed E-state index contributed by atoms with van der Waals surface area (Å²) in [7, 11) is 0. The molecule has 0 aliphatic rings. The lowest BCUT2D eigenvalue weighted by molar-refractivity contribution is 0.284. The van der Waals surface area contributed by atoms with E-state index in [1.807, 2.05) is 19.9 Å². The minimum Gasteiger partial charge on any atom is -0.490 e. The van der Waals surface area contributed by atoms with E-state index in [0.29, 0.717) is 12.4 Å². The molecule has 1 rings (SSSR count). The van der Waals surface area contributed by atoms with Crippen molar-refractivity contribution in [3.63, 3.8) is 0 Å². The Labute approximate surface area is 129 Å². The van der Waals surface area contributed by atoms with Crippen LogP contribution in [0, 0.1) is 5.82 Å². The Hall–Kier alpha value is -1.09. The van der Waals surface area contributed by atoms with Crippen molar-refractivity contribution in [2.24, 2.45) is 0 Å². The van der Waals surface area contributed by atoms with Crippen LogP contribution in [-0.2, 0) is 0 Å². The minimum atomic E-state index is -0.261. The van der Waals surface area contributed by atoms with E-state index in [-0.39, 0.29) is 11.9 Å². The molecule has 120 valence electrons. The van der Waals surface area contributed by atoms with Crippen molar-refractivity contribution in [1.29, 1.82) is 0 Å². The van der Waals surface area contributed by atoms with Gasteiger partial charge in [-0.05, 0) is 26.0 Å². The molecule has 1 atom stereocenters. The zero-order valence-electron chi connectivity index (χ0n) is 13.8. The molecule has 0 saturated carbocycles. The quantitative estimate of drug-likeness (QED) is 0.564. The normalized spacial score (nSPS) is 12.4. The van der Waals surface area contributed by atoms with E-state index < -0.39 is 0 Å². The van der Waals surface area contributed by atoms with Crippen LogP contribution in [0.1, 0.15) is 70.9 Å². The molecule has 21 heavy (non-hydrogen) atoms. The summed E-state index contributed by atoms with van der Waals surface area (Å²) in [5.41, 5.74) is 0.905. The second-order valence-electron chi connectivity index (χ2n) is 5.55. The van der Waals surface area contributed by atoms with Crippen LogP contribution in [-0.4, -0.2) is 13.2 Å². The summed E-state index contributed by atoms with van der Waals surface area (Å²) in [6.07, 6.45) is 7.25. The van der Waals surface area contributed by atoms with Crippen molar-refractivity contribution < 1.29 is 9.13 Å². The molecule has 0 amide bonds. The van der Waals surface area contributed by atoms with Gasteiger partial charge in [0.15, 0.2) is 11.6 Å². The van der Waals surface area contributed by atoms with Gasteiger partial charge in [-0.2, -0.15) is 0 Å². The molecule has 1 N–H and O–H groups in total. The third-order valence-corrected chi connectivity index (χ3v) is 3.72. The molecule has 2 nitrogen and oxygen atoms in total. The second-order valence-corrected chi connectivity index (χ2v) is 5.55. The van der Waals surface area contributed by atoms with Crippen molar-refractivity contribution in [2.45, 2.75) is 65.3 Å². The molecule has 1 aromatic carbocycles. The van der Waals surface area contributed by atoms with E-state index >= 15 is 0 Å². The van der Waals surface area contributed by atoms with E-state index in [4.69, 9.17) is 4.74 Å². The number of halogens is 1. The van der Waals surface area contributed by atoms with Crippen LogP contribution in [0.3, 0.4) is 0 Å². The van der Waals surface area contributed by atoms with E-state index in [0.717, 1.165) is 24.9 Å². The Morgan fingerprint density at radius 1 is 1.10 bits per heavy atom. The fraction of sp³-hybridized carbons (Fsp3) is 0.667. The van der Waals surface area contributed by atoms with E-state index in [9.17, 15) is 4.39 Å². The molecule has 3 heteroatoms. The Balaban J connectivity index is 2.46.